The number of aliphatic hydroxyl groups is 1. The summed E-state index contributed by atoms with van der Waals surface area (Å²) in [6, 6.07) is -1.35. The summed E-state index contributed by atoms with van der Waals surface area (Å²) in [4.78, 5) is 42.3. The van der Waals surface area contributed by atoms with E-state index < -0.39 is 35.1 Å². The molecule has 3 rings (SSSR count). The maximum Gasteiger partial charge on any atom is 0.245 e. The number of likely N-dealkylation sites (tertiary alicyclic amines) is 1. The fraction of sp³-hybridized carbons (Fsp3) is 0.875. The lowest BCUT2D eigenvalue weighted by atomic mass is 9.65. The molecule has 3 amide bonds. The predicted molar refractivity (Wildman–Crippen MR) is 121 cm³/mol. The van der Waals surface area contributed by atoms with Gasteiger partial charge in [0.1, 0.15) is 11.6 Å². The van der Waals surface area contributed by atoms with Crippen LogP contribution in [-0.2, 0) is 19.1 Å². The molecule has 0 radical (unpaired) electrons. The Bertz CT molecular complexity index is 728. The van der Waals surface area contributed by atoms with Crippen molar-refractivity contribution in [3.8, 4) is 0 Å². The van der Waals surface area contributed by atoms with E-state index in [9.17, 15) is 19.5 Å². The fourth-order valence-corrected chi connectivity index (χ4v) is 6.17. The minimum atomic E-state index is -1.03. The second-order valence-corrected chi connectivity index (χ2v) is 10.0. The van der Waals surface area contributed by atoms with Crippen molar-refractivity contribution in [2.45, 2.75) is 96.4 Å². The van der Waals surface area contributed by atoms with Crippen LogP contribution in [0.1, 0.15) is 73.1 Å². The largest absolute Gasteiger partial charge is 0.394 e. The van der Waals surface area contributed by atoms with Crippen LogP contribution in [0.2, 0.25) is 0 Å². The van der Waals surface area contributed by atoms with Crippen molar-refractivity contribution in [3.63, 3.8) is 0 Å². The molecule has 3 aliphatic heterocycles. The first-order chi connectivity index (χ1) is 15.2. The third-order valence-electron chi connectivity index (χ3n) is 7.84. The van der Waals surface area contributed by atoms with Crippen LogP contribution in [0.4, 0.5) is 0 Å². The lowest BCUT2D eigenvalue weighted by Crippen LogP contribution is -2.59. The standard InChI is InChI=1S/C24H41N3O5/c1-6-9-13-26-21(30)19-24-11-10-23(8-3,32-24)17(20(29)25-12-7-2)18(24)22(31)27(19)16(14-28)15(4)5/h15-19,28H,6-14H2,1-5H3,(H,25,29)(H,26,30)/t16-,17-,18-,19?,23+,24?/m0/s1. The van der Waals surface area contributed by atoms with Gasteiger partial charge in [0.05, 0.1) is 30.1 Å². The molecule has 0 aliphatic carbocycles. The number of ether oxygens (including phenoxy) is 1. The van der Waals surface area contributed by atoms with Gasteiger partial charge < -0.3 is 25.4 Å². The molecule has 6 atom stereocenters. The van der Waals surface area contributed by atoms with E-state index in [0.29, 0.717) is 32.4 Å². The van der Waals surface area contributed by atoms with E-state index in [2.05, 4.69) is 17.6 Å². The molecule has 0 aromatic rings. The molecular weight excluding hydrogens is 410 g/mol. The summed E-state index contributed by atoms with van der Waals surface area (Å²) < 4.78 is 6.68. The monoisotopic (exact) mass is 451 g/mol. The van der Waals surface area contributed by atoms with Crippen molar-refractivity contribution >= 4 is 17.7 Å². The third kappa shape index (κ3) is 3.73. The van der Waals surface area contributed by atoms with Crippen LogP contribution in [-0.4, -0.2) is 70.7 Å². The zero-order valence-corrected chi connectivity index (χ0v) is 20.3. The maximum absolute atomic E-state index is 13.9. The Labute approximate surface area is 191 Å². The molecule has 182 valence electrons. The summed E-state index contributed by atoms with van der Waals surface area (Å²) in [5, 5.41) is 16.1. The number of hydrogen-bond acceptors (Lipinski definition) is 5. The van der Waals surface area contributed by atoms with Gasteiger partial charge in [0.15, 0.2) is 0 Å². The number of rotatable bonds is 11. The van der Waals surface area contributed by atoms with Gasteiger partial charge in [0.2, 0.25) is 17.7 Å². The van der Waals surface area contributed by atoms with Gasteiger partial charge in [-0.1, -0.05) is 41.0 Å². The number of carbonyl (C=O) groups is 3. The van der Waals surface area contributed by atoms with E-state index in [4.69, 9.17) is 4.74 Å². The number of carbonyl (C=O) groups excluding carboxylic acids is 3. The summed E-state index contributed by atoms with van der Waals surface area (Å²) in [6.07, 6.45) is 4.42. The average Bonchev–Trinajstić information content (AvgIpc) is 3.36. The normalized spacial score (nSPS) is 34.2. The minimum absolute atomic E-state index is 0.0465. The molecule has 3 heterocycles. The Morgan fingerprint density at radius 2 is 1.81 bits per heavy atom. The Kier molecular flexibility index (Phi) is 7.55. The lowest BCUT2D eigenvalue weighted by molar-refractivity contribution is -0.152. The third-order valence-corrected chi connectivity index (χ3v) is 7.84. The zero-order valence-electron chi connectivity index (χ0n) is 20.3. The fourth-order valence-electron chi connectivity index (χ4n) is 6.17. The Hall–Kier alpha value is -1.67. The summed E-state index contributed by atoms with van der Waals surface area (Å²) in [7, 11) is 0. The van der Waals surface area contributed by atoms with Gasteiger partial charge in [-0.3, -0.25) is 14.4 Å². The van der Waals surface area contributed by atoms with E-state index in [1.165, 1.54) is 0 Å². The predicted octanol–water partition coefficient (Wildman–Crippen LogP) is 1.60. The number of fused-ring (bicyclic) bond motifs is 1. The van der Waals surface area contributed by atoms with Crippen LogP contribution < -0.4 is 10.6 Å². The molecule has 3 N–H and O–H groups in total. The number of hydrogen-bond donors (Lipinski definition) is 3. The van der Waals surface area contributed by atoms with Gasteiger partial charge in [-0.25, -0.2) is 0 Å². The van der Waals surface area contributed by atoms with Crippen molar-refractivity contribution in [1.82, 2.24) is 15.5 Å². The SMILES string of the molecule is CCCCNC(=O)C1N([C@@H](CO)C(C)C)C(=O)[C@@H]2[C@@H](C(=O)NCCC)[C@@]3(CC)CCC12O3. The van der Waals surface area contributed by atoms with E-state index in [1.807, 2.05) is 27.7 Å². The Morgan fingerprint density at radius 3 is 2.38 bits per heavy atom. The van der Waals surface area contributed by atoms with Crippen LogP contribution in [0.25, 0.3) is 0 Å². The van der Waals surface area contributed by atoms with E-state index >= 15 is 0 Å². The molecule has 2 unspecified atom stereocenters. The van der Waals surface area contributed by atoms with Crippen molar-refractivity contribution in [3.05, 3.63) is 0 Å². The van der Waals surface area contributed by atoms with Crippen LogP contribution in [0.3, 0.4) is 0 Å². The highest BCUT2D eigenvalue weighted by Gasteiger charge is 2.79. The van der Waals surface area contributed by atoms with Crippen LogP contribution in [0, 0.1) is 17.8 Å². The van der Waals surface area contributed by atoms with Gasteiger partial charge >= 0.3 is 0 Å². The van der Waals surface area contributed by atoms with Crippen LogP contribution >= 0.6 is 0 Å². The Morgan fingerprint density at radius 1 is 1.12 bits per heavy atom. The maximum atomic E-state index is 13.9. The molecule has 3 saturated heterocycles. The Balaban J connectivity index is 2.06. The first kappa shape index (κ1) is 25.0. The topological polar surface area (TPSA) is 108 Å². The van der Waals surface area contributed by atoms with Gasteiger partial charge in [-0.05, 0) is 38.0 Å². The van der Waals surface area contributed by atoms with E-state index in [1.54, 1.807) is 4.90 Å². The molecule has 3 fully saturated rings. The average molecular weight is 452 g/mol. The van der Waals surface area contributed by atoms with Crippen molar-refractivity contribution in [1.29, 1.82) is 0 Å². The molecule has 0 aromatic heterocycles. The number of unbranched alkanes of at least 4 members (excludes halogenated alkanes) is 1. The lowest BCUT2D eigenvalue weighted by Gasteiger charge is -2.38. The zero-order chi connectivity index (χ0) is 23.7. The van der Waals surface area contributed by atoms with Crippen LogP contribution in [0.15, 0.2) is 0 Å². The highest BCUT2D eigenvalue weighted by molar-refractivity contribution is 5.99. The van der Waals surface area contributed by atoms with Gasteiger partial charge in [-0.15, -0.1) is 0 Å². The molecule has 0 saturated carbocycles. The van der Waals surface area contributed by atoms with E-state index in [-0.39, 0.29) is 30.2 Å². The highest BCUT2D eigenvalue weighted by atomic mass is 16.5. The first-order valence-corrected chi connectivity index (χ1v) is 12.4. The number of nitrogens with zero attached hydrogens (tertiary/aromatic N) is 1. The summed E-state index contributed by atoms with van der Waals surface area (Å²) in [5.74, 6) is -2.01. The molecule has 8 nitrogen and oxygen atoms in total. The molecule has 3 aliphatic rings. The second-order valence-electron chi connectivity index (χ2n) is 10.0. The number of amides is 3. The van der Waals surface area contributed by atoms with Gasteiger partial charge in [0, 0.05) is 13.1 Å². The molecule has 32 heavy (non-hydrogen) atoms. The summed E-state index contributed by atoms with van der Waals surface area (Å²) >= 11 is 0. The quantitative estimate of drug-likeness (QED) is 0.414. The second kappa shape index (κ2) is 9.67. The first-order valence-electron chi connectivity index (χ1n) is 12.4. The number of aliphatic hydroxyl groups excluding tert-OH is 1. The molecule has 1 spiro atoms. The molecule has 0 aromatic carbocycles. The summed E-state index contributed by atoms with van der Waals surface area (Å²) in [6.45, 7) is 10.7. The van der Waals surface area contributed by atoms with Crippen LogP contribution in [0.5, 0.6) is 0 Å². The smallest absolute Gasteiger partial charge is 0.245 e. The highest BCUT2D eigenvalue weighted by Crippen LogP contribution is 2.64. The van der Waals surface area contributed by atoms with Gasteiger partial charge in [-0.2, -0.15) is 0 Å². The van der Waals surface area contributed by atoms with E-state index in [0.717, 1.165) is 19.3 Å². The van der Waals surface area contributed by atoms with Crippen molar-refractivity contribution < 1.29 is 24.2 Å². The molecular formula is C24H41N3O5. The molecule has 8 heteroatoms. The summed E-state index contributed by atoms with van der Waals surface area (Å²) in [5.41, 5.74) is -1.75. The van der Waals surface area contributed by atoms with Crippen molar-refractivity contribution in [2.24, 2.45) is 17.8 Å². The minimum Gasteiger partial charge on any atom is -0.394 e. The number of nitrogens with one attached hydrogen (secondary N) is 2. The van der Waals surface area contributed by atoms with Crippen molar-refractivity contribution in [2.75, 3.05) is 19.7 Å². The molecule has 2 bridgehead atoms. The van der Waals surface area contributed by atoms with Gasteiger partial charge in [0.25, 0.3) is 0 Å².